The molecule has 0 aliphatic carbocycles. The Morgan fingerprint density at radius 2 is 1.64 bits per heavy atom. The summed E-state index contributed by atoms with van der Waals surface area (Å²) in [6.07, 6.45) is -6.01. The Morgan fingerprint density at radius 3 is 2.43 bits per heavy atom. The predicted octanol–water partition coefficient (Wildman–Crippen LogP) is 5.72. The monoisotopic (exact) mass is 409 g/mol. The number of fused-ring (bicyclic) bond motifs is 1. The number of halogens is 3. The first-order chi connectivity index (χ1) is 13.2. The first-order valence-corrected chi connectivity index (χ1v) is 10.2. The van der Waals surface area contributed by atoms with Crippen molar-refractivity contribution in [2.75, 3.05) is 10.5 Å². The van der Waals surface area contributed by atoms with Gasteiger partial charge in [0.05, 0.1) is 11.4 Å². The topological polar surface area (TPSA) is 55.4 Å². The van der Waals surface area contributed by atoms with Crippen LogP contribution in [0.2, 0.25) is 0 Å². The highest BCUT2D eigenvalue weighted by molar-refractivity contribution is 7.92. The van der Waals surface area contributed by atoms with Crippen LogP contribution in [0.25, 0.3) is 10.8 Å². The Bertz CT molecular complexity index is 1060. The van der Waals surface area contributed by atoms with Crippen LogP contribution in [0.5, 0.6) is 11.5 Å². The Balaban J connectivity index is 1.72. The number of nitrogens with one attached hydrogen (secondary N) is 1. The maximum absolute atomic E-state index is 12.2. The minimum Gasteiger partial charge on any atom is -0.457 e. The van der Waals surface area contributed by atoms with Gasteiger partial charge in [0, 0.05) is 17.9 Å². The standard InChI is InChI=1S/C20H18F3NO3S/c21-20(22,23)12-5-13-28(25,26)24-16-8-4-9-17(14-16)27-19-11-3-7-15-6-1-2-10-18(15)19/h1-4,6-11,14,24H,5,12-13H2. The van der Waals surface area contributed by atoms with E-state index in [2.05, 4.69) is 4.72 Å². The number of anilines is 1. The second-order valence-electron chi connectivity index (χ2n) is 6.25. The Morgan fingerprint density at radius 1 is 0.929 bits per heavy atom. The normalized spacial score (nSPS) is 12.1. The summed E-state index contributed by atoms with van der Waals surface area (Å²) in [5.41, 5.74) is 0.227. The second-order valence-corrected chi connectivity index (χ2v) is 8.09. The molecule has 1 N–H and O–H groups in total. The summed E-state index contributed by atoms with van der Waals surface area (Å²) >= 11 is 0. The van der Waals surface area contributed by atoms with E-state index >= 15 is 0 Å². The average Bonchev–Trinajstić information content (AvgIpc) is 2.60. The van der Waals surface area contributed by atoms with Crippen LogP contribution in [0.4, 0.5) is 18.9 Å². The molecule has 0 amide bonds. The van der Waals surface area contributed by atoms with E-state index in [1.165, 1.54) is 12.1 Å². The van der Waals surface area contributed by atoms with Crippen LogP contribution in [0.3, 0.4) is 0 Å². The van der Waals surface area contributed by atoms with E-state index in [1.807, 2.05) is 36.4 Å². The molecule has 28 heavy (non-hydrogen) atoms. The lowest BCUT2D eigenvalue weighted by molar-refractivity contribution is -0.134. The fourth-order valence-electron chi connectivity index (χ4n) is 2.73. The van der Waals surface area contributed by atoms with Gasteiger partial charge in [-0.15, -0.1) is 0 Å². The molecule has 0 unspecified atom stereocenters. The van der Waals surface area contributed by atoms with Crippen molar-refractivity contribution in [3.63, 3.8) is 0 Å². The van der Waals surface area contributed by atoms with Gasteiger partial charge in [-0.25, -0.2) is 8.42 Å². The third kappa shape index (κ3) is 5.63. The van der Waals surface area contributed by atoms with Gasteiger partial charge in [0.25, 0.3) is 0 Å². The zero-order chi connectivity index (χ0) is 20.2. The number of rotatable bonds is 7. The Labute approximate surface area is 161 Å². The summed E-state index contributed by atoms with van der Waals surface area (Å²) in [4.78, 5) is 0. The van der Waals surface area contributed by atoms with Crippen LogP contribution in [0.1, 0.15) is 12.8 Å². The van der Waals surface area contributed by atoms with Crippen LogP contribution < -0.4 is 9.46 Å². The lowest BCUT2D eigenvalue weighted by Crippen LogP contribution is -2.18. The third-order valence-electron chi connectivity index (χ3n) is 3.96. The molecule has 0 saturated heterocycles. The smallest absolute Gasteiger partial charge is 0.389 e. The highest BCUT2D eigenvalue weighted by Gasteiger charge is 2.27. The van der Waals surface area contributed by atoms with Crippen LogP contribution in [0.15, 0.2) is 66.7 Å². The molecule has 0 aliphatic rings. The second kappa shape index (κ2) is 8.10. The van der Waals surface area contributed by atoms with Crippen LogP contribution >= 0.6 is 0 Å². The minimum absolute atomic E-state index is 0.227. The molecule has 3 aromatic rings. The van der Waals surface area contributed by atoms with E-state index < -0.39 is 34.8 Å². The van der Waals surface area contributed by atoms with Gasteiger partial charge in [0.2, 0.25) is 10.0 Å². The number of sulfonamides is 1. The molecule has 3 aromatic carbocycles. The maximum atomic E-state index is 12.2. The molecule has 3 rings (SSSR count). The van der Waals surface area contributed by atoms with Crippen molar-refractivity contribution in [3.8, 4) is 11.5 Å². The Hall–Kier alpha value is -2.74. The zero-order valence-electron chi connectivity index (χ0n) is 14.7. The van der Waals surface area contributed by atoms with Gasteiger partial charge in [-0.05, 0) is 30.0 Å². The first kappa shape index (κ1) is 20.0. The average molecular weight is 409 g/mol. The first-order valence-electron chi connectivity index (χ1n) is 8.55. The number of ether oxygens (including phenoxy) is 1. The molecule has 0 heterocycles. The fraction of sp³-hybridized carbons (Fsp3) is 0.200. The molecule has 0 aliphatic heterocycles. The Kier molecular flexibility index (Phi) is 5.79. The molecule has 0 atom stereocenters. The van der Waals surface area contributed by atoms with Crippen molar-refractivity contribution in [1.82, 2.24) is 0 Å². The van der Waals surface area contributed by atoms with E-state index in [-0.39, 0.29) is 5.69 Å². The molecule has 0 saturated carbocycles. The highest BCUT2D eigenvalue weighted by Crippen LogP contribution is 2.31. The van der Waals surface area contributed by atoms with Gasteiger partial charge in [0.15, 0.2) is 0 Å². The van der Waals surface area contributed by atoms with E-state index in [1.54, 1.807) is 18.2 Å². The summed E-state index contributed by atoms with van der Waals surface area (Å²) in [6, 6.07) is 19.6. The van der Waals surface area contributed by atoms with Gasteiger partial charge in [0.1, 0.15) is 11.5 Å². The number of alkyl halides is 3. The number of hydrogen-bond donors (Lipinski definition) is 1. The van der Waals surface area contributed by atoms with E-state index in [0.717, 1.165) is 10.8 Å². The summed E-state index contributed by atoms with van der Waals surface area (Å²) in [5, 5.41) is 1.91. The molecule has 0 bridgehead atoms. The summed E-state index contributed by atoms with van der Waals surface area (Å²) in [6.45, 7) is 0. The maximum Gasteiger partial charge on any atom is 0.389 e. The molecule has 0 radical (unpaired) electrons. The number of benzene rings is 3. The van der Waals surface area contributed by atoms with Crippen LogP contribution in [0, 0.1) is 0 Å². The number of hydrogen-bond acceptors (Lipinski definition) is 3. The fourth-order valence-corrected chi connectivity index (χ4v) is 3.84. The molecule has 0 aromatic heterocycles. The molecule has 4 nitrogen and oxygen atoms in total. The molecule has 148 valence electrons. The molecule has 8 heteroatoms. The van der Waals surface area contributed by atoms with Crippen LogP contribution in [-0.4, -0.2) is 20.3 Å². The van der Waals surface area contributed by atoms with Gasteiger partial charge >= 0.3 is 6.18 Å². The van der Waals surface area contributed by atoms with E-state index in [9.17, 15) is 21.6 Å². The van der Waals surface area contributed by atoms with Gasteiger partial charge in [-0.2, -0.15) is 13.2 Å². The van der Waals surface area contributed by atoms with Crippen molar-refractivity contribution < 1.29 is 26.3 Å². The lowest BCUT2D eigenvalue weighted by Gasteiger charge is -2.12. The van der Waals surface area contributed by atoms with Gasteiger partial charge < -0.3 is 4.74 Å². The minimum atomic E-state index is -4.37. The largest absolute Gasteiger partial charge is 0.457 e. The molecule has 0 spiro atoms. The highest BCUT2D eigenvalue weighted by atomic mass is 32.2. The molecular formula is C20H18F3NO3S. The molecule has 0 fully saturated rings. The summed E-state index contributed by atoms with van der Waals surface area (Å²) in [5.74, 6) is 0.413. The van der Waals surface area contributed by atoms with E-state index in [0.29, 0.717) is 11.5 Å². The third-order valence-corrected chi connectivity index (χ3v) is 5.33. The van der Waals surface area contributed by atoms with Gasteiger partial charge in [-0.1, -0.05) is 42.5 Å². The van der Waals surface area contributed by atoms with Crippen molar-refractivity contribution in [1.29, 1.82) is 0 Å². The SMILES string of the molecule is O=S(=O)(CCCC(F)(F)F)Nc1cccc(Oc2cccc3ccccc23)c1. The zero-order valence-corrected chi connectivity index (χ0v) is 15.6. The molecular weight excluding hydrogens is 391 g/mol. The summed E-state index contributed by atoms with van der Waals surface area (Å²) in [7, 11) is -3.89. The summed E-state index contributed by atoms with van der Waals surface area (Å²) < 4.78 is 68.8. The van der Waals surface area contributed by atoms with E-state index in [4.69, 9.17) is 4.74 Å². The predicted molar refractivity (Wildman–Crippen MR) is 103 cm³/mol. The van der Waals surface area contributed by atoms with Crippen LogP contribution in [-0.2, 0) is 10.0 Å². The van der Waals surface area contributed by atoms with Gasteiger partial charge in [-0.3, -0.25) is 4.72 Å². The lowest BCUT2D eigenvalue weighted by atomic mass is 10.1. The quantitative estimate of drug-likeness (QED) is 0.543. The van der Waals surface area contributed by atoms with Crippen molar-refractivity contribution in [2.45, 2.75) is 19.0 Å². The van der Waals surface area contributed by atoms with Crippen molar-refractivity contribution in [2.24, 2.45) is 0 Å². The van der Waals surface area contributed by atoms with Crippen molar-refractivity contribution >= 4 is 26.5 Å². The van der Waals surface area contributed by atoms with Crippen molar-refractivity contribution in [3.05, 3.63) is 66.7 Å².